The summed E-state index contributed by atoms with van der Waals surface area (Å²) >= 11 is 0. The van der Waals surface area contributed by atoms with Crippen molar-refractivity contribution in [3.63, 3.8) is 0 Å². The van der Waals surface area contributed by atoms with Crippen LogP contribution in [0.5, 0.6) is 0 Å². The Morgan fingerprint density at radius 2 is 0.973 bits per heavy atom. The van der Waals surface area contributed by atoms with Crippen LogP contribution in [0, 0.1) is 10.8 Å². The predicted molar refractivity (Wildman–Crippen MR) is 160 cm³/mol. The Bertz CT molecular complexity index is 1270. The van der Waals surface area contributed by atoms with Crippen LogP contribution < -0.4 is 0 Å². The van der Waals surface area contributed by atoms with Gasteiger partial charge in [0.25, 0.3) is 0 Å². The van der Waals surface area contributed by atoms with Crippen molar-refractivity contribution in [2.24, 2.45) is 10.8 Å². The number of rotatable bonds is 5. The molecule has 0 unspecified atom stereocenters. The van der Waals surface area contributed by atoms with Crippen molar-refractivity contribution >= 4 is 30.0 Å². The number of nitrogens with zero attached hydrogens (tertiary/aromatic N) is 2. The second-order valence-corrected chi connectivity index (χ2v) is 14.3. The van der Waals surface area contributed by atoms with Crippen LogP contribution in [-0.4, -0.2) is 29.5 Å². The van der Waals surface area contributed by atoms with Gasteiger partial charge in [0.05, 0.1) is 0 Å². The number of benzene rings is 4. The van der Waals surface area contributed by atoms with E-state index in [1.807, 2.05) is 7.11 Å². The highest BCUT2D eigenvalue weighted by atomic mass is 31.2. The van der Waals surface area contributed by atoms with Gasteiger partial charge >= 0.3 is 0 Å². The molecule has 1 heterocycles. The molecule has 4 aromatic rings. The molecule has 1 aliphatic rings. The molecule has 3 nitrogen and oxygen atoms in total. The smallest absolute Gasteiger partial charge is 0.188 e. The maximum absolute atomic E-state index is 6.47. The van der Waals surface area contributed by atoms with Gasteiger partial charge in [-0.1, -0.05) is 126 Å². The molecule has 0 radical (unpaired) electrons. The zero-order valence-electron chi connectivity index (χ0n) is 23.4. The monoisotopic (exact) mass is 512 g/mol. The average molecular weight is 513 g/mol. The predicted octanol–water partition coefficient (Wildman–Crippen LogP) is 9.36. The lowest BCUT2D eigenvalue weighted by Crippen LogP contribution is -2.35. The van der Waals surface area contributed by atoms with Gasteiger partial charge in [-0.2, -0.15) is 0 Å². The summed E-state index contributed by atoms with van der Waals surface area (Å²) in [7, 11) is 0.937. The van der Waals surface area contributed by atoms with Gasteiger partial charge in [0, 0.05) is 32.3 Å². The number of fused-ring (bicyclic) bond motifs is 2. The first-order valence-corrected chi connectivity index (χ1v) is 14.6. The lowest BCUT2D eigenvalue weighted by Gasteiger charge is -2.45. The van der Waals surface area contributed by atoms with Crippen molar-refractivity contribution in [3.05, 3.63) is 96.1 Å². The minimum Gasteiger partial charge on any atom is -0.335 e. The van der Waals surface area contributed by atoms with E-state index >= 15 is 0 Å². The third kappa shape index (κ3) is 4.95. The van der Waals surface area contributed by atoms with Gasteiger partial charge in [-0.3, -0.25) is 0 Å². The van der Waals surface area contributed by atoms with E-state index in [0.29, 0.717) is 0 Å². The summed E-state index contributed by atoms with van der Waals surface area (Å²) in [5.74, 6) is 0. The van der Waals surface area contributed by atoms with Gasteiger partial charge < -0.3 is 4.52 Å². The normalized spacial score (nSPS) is 18.0. The molecule has 0 bridgehead atoms. The Morgan fingerprint density at radius 1 is 0.595 bits per heavy atom. The molecule has 0 saturated carbocycles. The maximum Gasteiger partial charge on any atom is 0.188 e. The summed E-state index contributed by atoms with van der Waals surface area (Å²) in [6, 6.07) is 31.6. The van der Waals surface area contributed by atoms with E-state index in [2.05, 4.69) is 136 Å². The largest absolute Gasteiger partial charge is 0.335 e. The van der Waals surface area contributed by atoms with Gasteiger partial charge in [0.1, 0.15) is 0 Å². The van der Waals surface area contributed by atoms with Crippen LogP contribution in [0.3, 0.4) is 0 Å². The summed E-state index contributed by atoms with van der Waals surface area (Å²) < 4.78 is 11.8. The van der Waals surface area contributed by atoms with Crippen molar-refractivity contribution in [1.82, 2.24) is 9.34 Å². The first-order valence-electron chi connectivity index (χ1n) is 13.4. The molecule has 2 atom stereocenters. The van der Waals surface area contributed by atoms with Gasteiger partial charge in [0.2, 0.25) is 0 Å². The SMILES string of the molecule is COP1N([C@@H](c2cccc3ccccc23)C(C)(C)C)CCN1[C@@H](c1cccc2ccccc12)C(C)(C)C. The Morgan fingerprint density at radius 3 is 1.35 bits per heavy atom. The summed E-state index contributed by atoms with van der Waals surface area (Å²) in [5.41, 5.74) is 2.87. The molecule has 5 rings (SSSR count). The standard InChI is InChI=1S/C33H41N2OP/c1-32(2,3)30(28-20-12-16-24-14-8-10-18-26(24)28)34-22-23-35(37(34)36-7)31(33(4,5)6)29-21-13-17-25-15-9-11-19-27(25)29/h8-21,30-31H,22-23H2,1-7H3/t30-,31-/m0/s1. The molecule has 4 aromatic carbocycles. The Hall–Kier alpha value is -2.29. The molecule has 0 aromatic heterocycles. The van der Waals surface area contributed by atoms with Crippen LogP contribution in [0.1, 0.15) is 64.8 Å². The third-order valence-electron chi connectivity index (χ3n) is 7.63. The van der Waals surface area contributed by atoms with E-state index in [1.165, 1.54) is 32.7 Å². The quantitative estimate of drug-likeness (QED) is 0.248. The molecule has 194 valence electrons. The van der Waals surface area contributed by atoms with Gasteiger partial charge in [-0.15, -0.1) is 0 Å². The van der Waals surface area contributed by atoms with Crippen molar-refractivity contribution in [3.8, 4) is 0 Å². The van der Waals surface area contributed by atoms with E-state index in [1.54, 1.807) is 0 Å². The van der Waals surface area contributed by atoms with Gasteiger partial charge in [0.15, 0.2) is 8.45 Å². The van der Waals surface area contributed by atoms with Crippen molar-refractivity contribution in [2.75, 3.05) is 20.2 Å². The van der Waals surface area contributed by atoms with Crippen LogP contribution in [0.2, 0.25) is 0 Å². The molecular weight excluding hydrogens is 471 g/mol. The fourth-order valence-electron chi connectivity index (χ4n) is 6.32. The van der Waals surface area contributed by atoms with Crippen LogP contribution in [-0.2, 0) is 4.52 Å². The summed E-state index contributed by atoms with van der Waals surface area (Å²) in [6.07, 6.45) is 0. The van der Waals surface area contributed by atoms with E-state index in [0.717, 1.165) is 13.1 Å². The zero-order chi connectivity index (χ0) is 26.4. The van der Waals surface area contributed by atoms with Crippen LogP contribution >= 0.6 is 8.45 Å². The minimum atomic E-state index is -0.968. The van der Waals surface area contributed by atoms with Crippen molar-refractivity contribution < 1.29 is 4.52 Å². The molecule has 0 N–H and O–H groups in total. The summed E-state index contributed by atoms with van der Waals surface area (Å²) in [6.45, 7) is 16.2. The van der Waals surface area contributed by atoms with E-state index in [9.17, 15) is 0 Å². The minimum absolute atomic E-state index is 0.0376. The first-order chi connectivity index (χ1) is 17.6. The van der Waals surface area contributed by atoms with Crippen LogP contribution in [0.15, 0.2) is 84.9 Å². The van der Waals surface area contributed by atoms with Crippen molar-refractivity contribution in [1.29, 1.82) is 0 Å². The molecule has 0 aliphatic carbocycles. The van der Waals surface area contributed by atoms with Crippen LogP contribution in [0.25, 0.3) is 21.5 Å². The molecule has 0 amide bonds. The Kier molecular flexibility index (Phi) is 7.20. The summed E-state index contributed by atoms with van der Waals surface area (Å²) in [5, 5.41) is 5.29. The van der Waals surface area contributed by atoms with E-state index in [-0.39, 0.29) is 22.9 Å². The van der Waals surface area contributed by atoms with E-state index < -0.39 is 8.45 Å². The summed E-state index contributed by atoms with van der Waals surface area (Å²) in [4.78, 5) is 0. The van der Waals surface area contributed by atoms with Crippen molar-refractivity contribution in [2.45, 2.75) is 53.6 Å². The third-order valence-corrected chi connectivity index (χ3v) is 9.70. The Balaban J connectivity index is 1.62. The molecule has 37 heavy (non-hydrogen) atoms. The highest BCUT2D eigenvalue weighted by Crippen LogP contribution is 2.62. The van der Waals surface area contributed by atoms with Gasteiger partial charge in [-0.05, 0) is 43.5 Å². The fourth-order valence-corrected chi connectivity index (χ4v) is 8.89. The first kappa shape index (κ1) is 26.3. The fraction of sp³-hybridized carbons (Fsp3) is 0.394. The molecule has 4 heteroatoms. The second-order valence-electron chi connectivity index (χ2n) is 12.4. The second kappa shape index (κ2) is 10.1. The topological polar surface area (TPSA) is 15.7 Å². The Labute approximate surface area is 224 Å². The maximum atomic E-state index is 6.47. The van der Waals surface area contributed by atoms with E-state index in [4.69, 9.17) is 4.52 Å². The number of hydrogen-bond donors (Lipinski definition) is 0. The lowest BCUT2D eigenvalue weighted by molar-refractivity contribution is 0.177. The highest BCUT2D eigenvalue weighted by molar-refractivity contribution is 7.47. The molecule has 1 aliphatic heterocycles. The van der Waals surface area contributed by atoms with Crippen LogP contribution in [0.4, 0.5) is 0 Å². The highest BCUT2D eigenvalue weighted by Gasteiger charge is 2.48. The zero-order valence-corrected chi connectivity index (χ0v) is 24.3. The average Bonchev–Trinajstić information content (AvgIpc) is 3.25. The lowest BCUT2D eigenvalue weighted by atomic mass is 9.80. The molecular formula is C33H41N2OP. The number of hydrogen-bond acceptors (Lipinski definition) is 3. The molecule has 1 fully saturated rings. The van der Waals surface area contributed by atoms with Gasteiger partial charge in [-0.25, -0.2) is 9.34 Å². The molecule has 1 saturated heterocycles. The molecule has 0 spiro atoms.